The van der Waals surface area contributed by atoms with Crippen molar-refractivity contribution in [2.24, 2.45) is 5.41 Å². The summed E-state index contributed by atoms with van der Waals surface area (Å²) in [5.41, 5.74) is 0.446. The lowest BCUT2D eigenvalue weighted by atomic mass is 10.1. The average molecular weight is 223 g/mol. The predicted octanol–water partition coefficient (Wildman–Crippen LogP) is 1.53. The van der Waals surface area contributed by atoms with Gasteiger partial charge in [-0.1, -0.05) is 13.8 Å². The summed E-state index contributed by atoms with van der Waals surface area (Å²) < 4.78 is 1.97. The van der Waals surface area contributed by atoms with Gasteiger partial charge in [0, 0.05) is 5.54 Å². The van der Waals surface area contributed by atoms with Crippen molar-refractivity contribution in [2.75, 3.05) is 0 Å². The summed E-state index contributed by atoms with van der Waals surface area (Å²) in [6, 6.07) is 0.472. The normalized spacial score (nSPS) is 23.4. The molecule has 0 amide bonds. The van der Waals surface area contributed by atoms with Crippen LogP contribution in [0.5, 0.6) is 0 Å². The van der Waals surface area contributed by atoms with Crippen LogP contribution in [0.1, 0.15) is 52.9 Å². The lowest BCUT2D eigenvalue weighted by molar-refractivity contribution is 0.401. The van der Waals surface area contributed by atoms with Crippen LogP contribution in [-0.2, 0) is 6.54 Å². The molecule has 0 radical (unpaired) electrons. The van der Waals surface area contributed by atoms with Crippen molar-refractivity contribution in [1.82, 2.24) is 25.5 Å². The van der Waals surface area contributed by atoms with Crippen LogP contribution in [0, 0.1) is 5.41 Å². The van der Waals surface area contributed by atoms with Gasteiger partial charge in [0.25, 0.3) is 0 Å². The highest BCUT2D eigenvalue weighted by Crippen LogP contribution is 2.55. The molecule has 1 aromatic heterocycles. The molecule has 0 aliphatic heterocycles. The second-order valence-corrected chi connectivity index (χ2v) is 6.35. The van der Waals surface area contributed by atoms with Gasteiger partial charge in [-0.15, -0.1) is 5.10 Å². The molecule has 1 atom stereocenters. The van der Waals surface area contributed by atoms with Crippen molar-refractivity contribution in [3.05, 3.63) is 5.82 Å². The van der Waals surface area contributed by atoms with Gasteiger partial charge in [0.15, 0.2) is 5.82 Å². The van der Waals surface area contributed by atoms with E-state index in [1.54, 1.807) is 0 Å². The van der Waals surface area contributed by atoms with E-state index in [0.29, 0.717) is 11.5 Å². The Morgan fingerprint density at radius 3 is 2.56 bits per heavy atom. The van der Waals surface area contributed by atoms with Gasteiger partial charge in [-0.25, -0.2) is 4.68 Å². The molecule has 16 heavy (non-hydrogen) atoms. The van der Waals surface area contributed by atoms with Crippen LogP contribution in [0.15, 0.2) is 0 Å². The topological polar surface area (TPSA) is 55.6 Å². The molecular weight excluding hydrogens is 202 g/mol. The summed E-state index contributed by atoms with van der Waals surface area (Å²) in [6.07, 6.45) is 1.17. The predicted molar refractivity (Wildman–Crippen MR) is 61.8 cm³/mol. The van der Waals surface area contributed by atoms with E-state index in [-0.39, 0.29) is 5.54 Å². The highest BCUT2D eigenvalue weighted by Gasteiger charge is 2.49. The first-order chi connectivity index (χ1) is 7.30. The van der Waals surface area contributed by atoms with Gasteiger partial charge in [0.05, 0.1) is 12.6 Å². The monoisotopic (exact) mass is 223 g/mol. The van der Waals surface area contributed by atoms with Crippen LogP contribution < -0.4 is 5.32 Å². The number of rotatable bonds is 3. The molecule has 1 aliphatic carbocycles. The number of tetrazole rings is 1. The Kier molecular flexibility index (Phi) is 2.53. The molecule has 1 unspecified atom stereocenters. The van der Waals surface area contributed by atoms with E-state index in [4.69, 9.17) is 0 Å². The summed E-state index contributed by atoms with van der Waals surface area (Å²) in [5.74, 6) is 0.936. The highest BCUT2D eigenvalue weighted by atomic mass is 15.6. The molecule has 5 heteroatoms. The van der Waals surface area contributed by atoms with Crippen LogP contribution in [0.4, 0.5) is 0 Å². The SMILES string of the molecule is CC(C)(C)NCc1nnnn1C1CC1(C)C. The molecule has 0 saturated heterocycles. The van der Waals surface area contributed by atoms with Crippen molar-refractivity contribution >= 4 is 0 Å². The molecule has 0 spiro atoms. The molecule has 5 nitrogen and oxygen atoms in total. The van der Waals surface area contributed by atoms with Crippen LogP contribution in [0.2, 0.25) is 0 Å². The molecule has 1 heterocycles. The Hall–Kier alpha value is -0.970. The standard InChI is InChI=1S/C11H21N5/c1-10(2,3)12-7-9-13-14-15-16(9)8-6-11(8,4)5/h8,12H,6-7H2,1-5H3. The van der Waals surface area contributed by atoms with Crippen LogP contribution in [0.25, 0.3) is 0 Å². The highest BCUT2D eigenvalue weighted by molar-refractivity contribution is 5.02. The van der Waals surface area contributed by atoms with Crippen molar-refractivity contribution < 1.29 is 0 Å². The van der Waals surface area contributed by atoms with Gasteiger partial charge < -0.3 is 5.32 Å². The Morgan fingerprint density at radius 2 is 2.06 bits per heavy atom. The second-order valence-electron chi connectivity index (χ2n) is 6.35. The number of hydrogen-bond donors (Lipinski definition) is 1. The fraction of sp³-hybridized carbons (Fsp3) is 0.909. The first-order valence-electron chi connectivity index (χ1n) is 5.81. The fourth-order valence-electron chi connectivity index (χ4n) is 1.77. The smallest absolute Gasteiger partial charge is 0.165 e. The molecule has 1 N–H and O–H groups in total. The van der Waals surface area contributed by atoms with Crippen LogP contribution in [-0.4, -0.2) is 25.7 Å². The average Bonchev–Trinajstić information content (AvgIpc) is 2.61. The van der Waals surface area contributed by atoms with E-state index >= 15 is 0 Å². The number of nitrogens with one attached hydrogen (secondary N) is 1. The van der Waals surface area contributed by atoms with Gasteiger partial charge in [-0.3, -0.25) is 0 Å². The second kappa shape index (κ2) is 3.52. The molecular formula is C11H21N5. The number of nitrogens with zero attached hydrogens (tertiary/aromatic N) is 4. The van der Waals surface area contributed by atoms with E-state index < -0.39 is 0 Å². The molecule has 90 valence electrons. The summed E-state index contributed by atoms with van der Waals surface area (Å²) in [5, 5.41) is 15.4. The third kappa shape index (κ3) is 2.40. The quantitative estimate of drug-likeness (QED) is 0.844. The Morgan fingerprint density at radius 1 is 1.44 bits per heavy atom. The zero-order valence-corrected chi connectivity index (χ0v) is 10.8. The minimum absolute atomic E-state index is 0.0931. The third-order valence-corrected chi connectivity index (χ3v) is 3.09. The minimum Gasteiger partial charge on any atom is -0.305 e. The van der Waals surface area contributed by atoms with Crippen molar-refractivity contribution in [2.45, 2.75) is 59.2 Å². The lowest BCUT2D eigenvalue weighted by Gasteiger charge is -2.20. The maximum Gasteiger partial charge on any atom is 0.165 e. The zero-order chi connectivity index (χ0) is 12.0. The molecule has 1 saturated carbocycles. The molecule has 0 aromatic carbocycles. The number of hydrogen-bond acceptors (Lipinski definition) is 4. The van der Waals surface area contributed by atoms with E-state index in [1.807, 2.05) is 4.68 Å². The minimum atomic E-state index is 0.0931. The van der Waals surface area contributed by atoms with Gasteiger partial charge in [0.1, 0.15) is 0 Å². The van der Waals surface area contributed by atoms with Crippen LogP contribution in [0.3, 0.4) is 0 Å². The van der Waals surface area contributed by atoms with Crippen LogP contribution >= 0.6 is 0 Å². The Balaban J connectivity index is 2.04. The molecule has 1 aromatic rings. The molecule has 1 aliphatic rings. The lowest BCUT2D eigenvalue weighted by Crippen LogP contribution is -2.36. The van der Waals surface area contributed by atoms with Gasteiger partial charge in [0.2, 0.25) is 0 Å². The van der Waals surface area contributed by atoms with Crippen molar-refractivity contribution in [3.63, 3.8) is 0 Å². The first kappa shape index (κ1) is 11.5. The van der Waals surface area contributed by atoms with Gasteiger partial charge in [-0.05, 0) is 43.0 Å². The molecule has 0 bridgehead atoms. The third-order valence-electron chi connectivity index (χ3n) is 3.09. The Bertz CT molecular complexity index is 374. The number of aromatic nitrogens is 4. The van der Waals surface area contributed by atoms with Gasteiger partial charge >= 0.3 is 0 Å². The van der Waals surface area contributed by atoms with Crippen molar-refractivity contribution in [3.8, 4) is 0 Å². The van der Waals surface area contributed by atoms with Crippen molar-refractivity contribution in [1.29, 1.82) is 0 Å². The molecule has 1 fully saturated rings. The van der Waals surface area contributed by atoms with E-state index in [2.05, 4.69) is 55.5 Å². The summed E-state index contributed by atoms with van der Waals surface area (Å²) in [6.45, 7) is 11.6. The largest absolute Gasteiger partial charge is 0.305 e. The summed E-state index contributed by atoms with van der Waals surface area (Å²) in [4.78, 5) is 0. The van der Waals surface area contributed by atoms with Gasteiger partial charge in [-0.2, -0.15) is 0 Å². The fourth-order valence-corrected chi connectivity index (χ4v) is 1.77. The zero-order valence-electron chi connectivity index (χ0n) is 10.8. The maximum absolute atomic E-state index is 4.09. The molecule has 2 rings (SSSR count). The first-order valence-corrected chi connectivity index (χ1v) is 5.81. The Labute approximate surface area is 96.6 Å². The summed E-state index contributed by atoms with van der Waals surface area (Å²) >= 11 is 0. The van der Waals surface area contributed by atoms with E-state index in [9.17, 15) is 0 Å². The summed E-state index contributed by atoms with van der Waals surface area (Å²) in [7, 11) is 0. The van der Waals surface area contributed by atoms with E-state index in [1.165, 1.54) is 6.42 Å². The van der Waals surface area contributed by atoms with E-state index in [0.717, 1.165) is 12.4 Å². The maximum atomic E-state index is 4.09.